The third-order valence-corrected chi connectivity index (χ3v) is 17.9. The Kier molecular flexibility index (Phi) is 71.7. The molecule has 2 unspecified atom stereocenters. The van der Waals surface area contributed by atoms with Crippen LogP contribution in [0.5, 0.6) is 0 Å². The van der Waals surface area contributed by atoms with E-state index in [1.54, 1.807) is 0 Å². The number of phosphoric ester groups is 2. The molecule has 0 saturated carbocycles. The summed E-state index contributed by atoms with van der Waals surface area (Å²) in [6.45, 7) is 2.35. The van der Waals surface area contributed by atoms with Crippen LogP contribution in [0.1, 0.15) is 309 Å². The molecule has 0 fully saturated rings. The first kappa shape index (κ1) is 94.3. The highest BCUT2D eigenvalue weighted by Gasteiger charge is 2.30. The average molecular weight is 1420 g/mol. The van der Waals surface area contributed by atoms with Gasteiger partial charge in [-0.1, -0.05) is 220 Å². The second-order valence-corrected chi connectivity index (χ2v) is 28.4. The van der Waals surface area contributed by atoms with Gasteiger partial charge in [-0.05, 0) is 161 Å². The Morgan fingerprint density at radius 1 is 0.337 bits per heavy atom. The predicted molar refractivity (Wildman–Crippen MR) is 400 cm³/mol. The number of carbonyl (C=O) groups excluding carboxylic acids is 4. The minimum Gasteiger partial charge on any atom is -0.462 e. The summed E-state index contributed by atoms with van der Waals surface area (Å²) in [5.74, 6) is -1.12. The van der Waals surface area contributed by atoms with Gasteiger partial charge in [0.25, 0.3) is 0 Å². The molecule has 0 heterocycles. The molecule has 0 spiro atoms. The zero-order chi connectivity index (χ0) is 71.5. The number of ether oxygens (including phenoxy) is 4. The van der Waals surface area contributed by atoms with Gasteiger partial charge in [0.1, 0.15) is 31.4 Å². The molecule has 0 radical (unpaired) electrons. The monoisotopic (exact) mass is 1420 g/mol. The highest BCUT2D eigenvalue weighted by molar-refractivity contribution is 7.47. The molecule has 17 nitrogen and oxygen atoms in total. The molecule has 0 saturated heterocycles. The summed E-state index contributed by atoms with van der Waals surface area (Å²) in [4.78, 5) is 68.0. The van der Waals surface area contributed by atoms with Gasteiger partial charge in [0.15, 0.2) is 6.10 Å². The Morgan fingerprint density at radius 2 is 0.653 bits per heavy atom. The summed E-state index contributed by atoms with van der Waals surface area (Å²) in [7, 11) is -9.71. The van der Waals surface area contributed by atoms with Gasteiger partial charge in [0.05, 0.1) is 33.0 Å². The van der Waals surface area contributed by atoms with Gasteiger partial charge < -0.3 is 43.4 Å². The van der Waals surface area contributed by atoms with Crippen molar-refractivity contribution in [3.05, 3.63) is 97.2 Å². The zero-order valence-corrected chi connectivity index (χ0v) is 63.0. The summed E-state index contributed by atoms with van der Waals surface area (Å²) in [5, 5.41) is 10.6. The molecule has 19 heteroatoms. The highest BCUT2D eigenvalue weighted by atomic mass is 31.2. The average Bonchev–Trinajstić information content (AvgIpc) is 1.06. The van der Waals surface area contributed by atoms with Gasteiger partial charge in [-0.25, -0.2) is 9.13 Å². The van der Waals surface area contributed by atoms with E-state index in [9.17, 15) is 43.2 Å². The zero-order valence-electron chi connectivity index (χ0n) is 61.3. The fourth-order valence-corrected chi connectivity index (χ4v) is 11.7. The van der Waals surface area contributed by atoms with E-state index in [2.05, 4.69) is 98.9 Å². The first-order valence-electron chi connectivity index (χ1n) is 38.4. The Hall–Kier alpha value is -3.70. The van der Waals surface area contributed by atoms with Crippen LogP contribution < -0.4 is 0 Å². The van der Waals surface area contributed by atoms with Crippen LogP contribution in [0.2, 0.25) is 0 Å². The summed E-state index contributed by atoms with van der Waals surface area (Å²) < 4.78 is 69.8. The number of allylic oxidation sites excluding steroid dienone is 16. The van der Waals surface area contributed by atoms with Gasteiger partial charge in [-0.2, -0.15) is 0 Å². The van der Waals surface area contributed by atoms with E-state index in [4.69, 9.17) is 37.0 Å². The standard InChI is InChI=1S/C79H138O17P2/c1-3-5-7-9-11-13-15-17-19-20-22-28-34-40-46-52-58-64-79(84)96-77(72-91-78(83)63-57-51-45-39-33-27-21-18-16-14-12-10-8-6-4-2)74-95-98(87,88)93-70-75(82)69-92-97(85,86)94-73-76(90-68-62-56-50-44-38-32-26-24-30-36-42-48-54-60-66-81)71-89-67-61-55-49-43-37-31-25-23-29-35-41-47-53-59-65-80/h11-14,17-19,21-26,28,40,46,65-66,75-77,82H,3-10,15-16,20,27,29-39,41-45,47-64,67-74H2,1-2H3,(H,85,86)(H,87,88)/b13-11-,14-12-,19-17-,21-18-,25-23-,26-24-,28-22-,46-40-/t75-,76+,77+/m0/s1. The molecule has 0 aliphatic carbocycles. The number of aldehydes is 2. The van der Waals surface area contributed by atoms with Crippen molar-refractivity contribution >= 4 is 40.2 Å². The minimum atomic E-state index is -4.94. The molecule has 0 aromatic rings. The van der Waals surface area contributed by atoms with Crippen molar-refractivity contribution in [2.45, 2.75) is 328 Å². The first-order valence-corrected chi connectivity index (χ1v) is 41.4. The van der Waals surface area contributed by atoms with E-state index < -0.39 is 72.3 Å². The SMILES string of the molecule is CCCCC/C=C\C/C=C\C/C=C\C/C=C\CCCC(=O)O[C@H](COC(=O)CCCCCCC/C=C\C/C=C\CCCCC)COP(=O)(O)OC[C@@H](O)COP(=O)(O)OC[C@@H](COCCCCCCC/C=C\CCCCCCC=O)OCCCCCCC/C=C\CCCCCCC=O. The number of aliphatic hydroxyl groups excluding tert-OH is 1. The summed E-state index contributed by atoms with van der Waals surface area (Å²) in [5.41, 5.74) is 0. The van der Waals surface area contributed by atoms with Gasteiger partial charge in [-0.15, -0.1) is 0 Å². The van der Waals surface area contributed by atoms with E-state index in [-0.39, 0.29) is 26.1 Å². The van der Waals surface area contributed by atoms with Crippen LogP contribution >= 0.6 is 15.6 Å². The molecule has 0 rings (SSSR count). The molecule has 0 amide bonds. The van der Waals surface area contributed by atoms with Crippen LogP contribution in [-0.4, -0.2) is 111 Å². The number of phosphoric acid groups is 2. The van der Waals surface area contributed by atoms with Crippen LogP contribution in [0.4, 0.5) is 0 Å². The quantitative estimate of drug-likeness (QED) is 0.0169. The summed E-state index contributed by atoms with van der Waals surface area (Å²) in [6.07, 6.45) is 78.0. The summed E-state index contributed by atoms with van der Waals surface area (Å²) in [6, 6.07) is 0. The Morgan fingerprint density at radius 3 is 1.07 bits per heavy atom. The highest BCUT2D eigenvalue weighted by Crippen LogP contribution is 2.45. The number of carbonyl (C=O) groups is 4. The molecule has 5 atom stereocenters. The third kappa shape index (κ3) is 73.5. The molecule has 0 aromatic heterocycles. The lowest BCUT2D eigenvalue weighted by atomic mass is 10.1. The molecule has 98 heavy (non-hydrogen) atoms. The Bertz CT molecular complexity index is 2170. The van der Waals surface area contributed by atoms with Crippen molar-refractivity contribution < 1.29 is 80.2 Å². The van der Waals surface area contributed by atoms with Gasteiger partial charge >= 0.3 is 27.6 Å². The van der Waals surface area contributed by atoms with E-state index in [1.165, 1.54) is 38.5 Å². The van der Waals surface area contributed by atoms with Crippen LogP contribution in [-0.2, 0) is 65.4 Å². The molecule has 566 valence electrons. The number of aliphatic hydroxyl groups is 1. The van der Waals surface area contributed by atoms with Crippen molar-refractivity contribution in [1.29, 1.82) is 0 Å². The van der Waals surface area contributed by atoms with Crippen LogP contribution in [0.25, 0.3) is 0 Å². The van der Waals surface area contributed by atoms with Crippen molar-refractivity contribution in [2.75, 3.05) is 52.9 Å². The number of unbranched alkanes of at least 4 members (excludes halogenated alkanes) is 32. The van der Waals surface area contributed by atoms with Crippen molar-refractivity contribution in [3.8, 4) is 0 Å². The molecular formula is C79H138O17P2. The normalized spacial score (nSPS) is 14.5. The van der Waals surface area contributed by atoms with Crippen LogP contribution in [0.15, 0.2) is 97.2 Å². The lowest BCUT2D eigenvalue weighted by molar-refractivity contribution is -0.161. The topological polar surface area (TPSA) is 237 Å². The molecule has 3 N–H and O–H groups in total. The fourth-order valence-electron chi connectivity index (χ4n) is 10.1. The van der Waals surface area contributed by atoms with E-state index in [0.717, 1.165) is 224 Å². The largest absolute Gasteiger partial charge is 0.472 e. The molecular weight excluding hydrogens is 1280 g/mol. The van der Waals surface area contributed by atoms with E-state index in [1.807, 2.05) is 12.2 Å². The number of hydrogen-bond donors (Lipinski definition) is 3. The van der Waals surface area contributed by atoms with Crippen molar-refractivity contribution in [3.63, 3.8) is 0 Å². The number of hydrogen-bond acceptors (Lipinski definition) is 15. The second kappa shape index (κ2) is 74.5. The second-order valence-electron chi connectivity index (χ2n) is 25.5. The van der Waals surface area contributed by atoms with Gasteiger partial charge in [-0.3, -0.25) is 27.7 Å². The molecule has 0 aliphatic heterocycles. The van der Waals surface area contributed by atoms with Gasteiger partial charge in [0.2, 0.25) is 0 Å². The minimum absolute atomic E-state index is 0.0363. The van der Waals surface area contributed by atoms with E-state index >= 15 is 0 Å². The summed E-state index contributed by atoms with van der Waals surface area (Å²) >= 11 is 0. The molecule has 0 aliphatic rings. The van der Waals surface area contributed by atoms with Crippen LogP contribution in [0, 0.1) is 0 Å². The third-order valence-electron chi connectivity index (χ3n) is 16.0. The molecule has 0 aromatic carbocycles. The van der Waals surface area contributed by atoms with Crippen molar-refractivity contribution in [1.82, 2.24) is 0 Å². The lowest BCUT2D eigenvalue weighted by Crippen LogP contribution is -2.30. The van der Waals surface area contributed by atoms with Crippen LogP contribution in [0.3, 0.4) is 0 Å². The lowest BCUT2D eigenvalue weighted by Gasteiger charge is -2.21. The van der Waals surface area contributed by atoms with Crippen molar-refractivity contribution in [2.24, 2.45) is 0 Å². The van der Waals surface area contributed by atoms with Gasteiger partial charge in [0, 0.05) is 38.9 Å². The maximum Gasteiger partial charge on any atom is 0.472 e. The first-order chi connectivity index (χ1) is 47.9. The number of esters is 2. The predicted octanol–water partition coefficient (Wildman–Crippen LogP) is 21.3. The van der Waals surface area contributed by atoms with E-state index in [0.29, 0.717) is 45.3 Å². The maximum atomic E-state index is 13.1. The maximum absolute atomic E-state index is 13.1. The molecule has 0 bridgehead atoms. The Balaban J connectivity index is 5.28. The fraction of sp³-hybridized carbons (Fsp3) is 0.747. The number of rotatable bonds is 76. The smallest absolute Gasteiger partial charge is 0.462 e. The Labute approximate surface area is 595 Å².